The molecule has 0 saturated carbocycles. The number of piperazine rings is 1. The van der Waals surface area contributed by atoms with Crippen molar-refractivity contribution in [3.63, 3.8) is 0 Å². The molecule has 4 aliphatic rings. The van der Waals surface area contributed by atoms with Gasteiger partial charge in [-0.1, -0.05) is 12.0 Å². The number of carbonyl (C=O) groups excluding carboxylic acids is 1. The Morgan fingerprint density at radius 1 is 1.00 bits per heavy atom. The van der Waals surface area contributed by atoms with Gasteiger partial charge in [0, 0.05) is 43.4 Å². The molecule has 2 aromatic carbocycles. The molecule has 1 amide bonds. The van der Waals surface area contributed by atoms with Crippen LogP contribution in [-0.2, 0) is 9.47 Å². The lowest BCUT2D eigenvalue weighted by Crippen LogP contribution is -2.57. The lowest BCUT2D eigenvalue weighted by atomic mass is 9.83. The average Bonchev–Trinajstić information content (AvgIpc) is 3.51. The molecule has 4 fully saturated rings. The third-order valence-electron chi connectivity index (χ3n) is 12.7. The van der Waals surface area contributed by atoms with Gasteiger partial charge in [-0.05, 0) is 134 Å². The van der Waals surface area contributed by atoms with E-state index in [1.165, 1.54) is 45.3 Å². The van der Waals surface area contributed by atoms with Gasteiger partial charge in [-0.2, -0.15) is 9.97 Å². The Bertz CT molecular complexity index is 2230. The first-order chi connectivity index (χ1) is 28.9. The number of piperidine rings is 2. The van der Waals surface area contributed by atoms with Crippen LogP contribution in [0.15, 0.2) is 30.5 Å². The third-order valence-corrected chi connectivity index (χ3v) is 12.7. The van der Waals surface area contributed by atoms with Crippen molar-refractivity contribution < 1.29 is 32.5 Å². The summed E-state index contributed by atoms with van der Waals surface area (Å²) in [5, 5.41) is 4.73. The van der Waals surface area contributed by atoms with Crippen LogP contribution in [0.4, 0.5) is 19.4 Å². The van der Waals surface area contributed by atoms with Gasteiger partial charge in [0.2, 0.25) is 0 Å². The number of likely N-dealkylation sites (tertiary alicyclic amines) is 1. The molecule has 60 heavy (non-hydrogen) atoms. The molecule has 4 aromatic rings. The number of amides is 1. The minimum atomic E-state index is -0.738. The van der Waals surface area contributed by atoms with Crippen LogP contribution in [0.3, 0.4) is 0 Å². The van der Waals surface area contributed by atoms with E-state index in [2.05, 4.69) is 32.9 Å². The molecule has 3 atom stereocenters. The van der Waals surface area contributed by atoms with Gasteiger partial charge in [-0.3, -0.25) is 14.8 Å². The van der Waals surface area contributed by atoms with Crippen molar-refractivity contribution >= 4 is 33.6 Å². The molecule has 2 bridgehead atoms. The quantitative estimate of drug-likeness (QED) is 0.120. The SMILES string of the molecule is C#Cc1c(F)ccc2cc(OCOC)cc(-c3ncc4c(N5CC6CCC(C5)N6C(=O)OC(C)(C)C)nc(OC[C@H](C)N5CCC(CC6CCNCC6)CC5)nc4c3F)c12. The summed E-state index contributed by atoms with van der Waals surface area (Å²) < 4.78 is 55.7. The molecule has 0 radical (unpaired) electrons. The largest absolute Gasteiger partial charge is 0.468 e. The van der Waals surface area contributed by atoms with Crippen LogP contribution >= 0.6 is 0 Å². The van der Waals surface area contributed by atoms with E-state index >= 15 is 8.78 Å². The first kappa shape index (κ1) is 41.9. The number of fused-ring (bicyclic) bond motifs is 4. The van der Waals surface area contributed by atoms with E-state index in [9.17, 15) is 4.79 Å². The number of hydrogen-bond donors (Lipinski definition) is 1. The van der Waals surface area contributed by atoms with E-state index in [4.69, 9.17) is 35.3 Å². The normalized spacial score (nSPS) is 21.0. The van der Waals surface area contributed by atoms with E-state index < -0.39 is 17.2 Å². The smallest absolute Gasteiger partial charge is 0.410 e. The van der Waals surface area contributed by atoms with Gasteiger partial charge in [0.1, 0.15) is 40.8 Å². The zero-order valence-corrected chi connectivity index (χ0v) is 35.4. The number of pyridine rings is 1. The molecule has 1 N–H and O–H groups in total. The molecule has 4 saturated heterocycles. The summed E-state index contributed by atoms with van der Waals surface area (Å²) in [6, 6.07) is 6.02. The Labute approximate surface area is 351 Å². The van der Waals surface area contributed by atoms with Crippen LogP contribution in [0.25, 0.3) is 32.9 Å². The van der Waals surface area contributed by atoms with Gasteiger partial charge in [-0.15, -0.1) is 6.42 Å². The summed E-state index contributed by atoms with van der Waals surface area (Å²) in [5.74, 6) is 3.51. The Kier molecular flexibility index (Phi) is 12.3. The van der Waals surface area contributed by atoms with Crippen LogP contribution in [0.2, 0.25) is 0 Å². The number of hydrogen-bond acceptors (Lipinski definition) is 11. The number of rotatable bonds is 11. The zero-order valence-electron chi connectivity index (χ0n) is 35.4. The predicted octanol–water partition coefficient (Wildman–Crippen LogP) is 7.54. The number of aromatic nitrogens is 3. The second-order valence-corrected chi connectivity index (χ2v) is 17.9. The minimum absolute atomic E-state index is 0.00308. The number of nitrogens with one attached hydrogen (secondary N) is 1. The van der Waals surface area contributed by atoms with Crippen LogP contribution in [0.1, 0.15) is 78.2 Å². The summed E-state index contributed by atoms with van der Waals surface area (Å²) in [6.07, 6.45) is 14.9. The number of methoxy groups -OCH3 is 1. The second-order valence-electron chi connectivity index (χ2n) is 17.9. The summed E-state index contributed by atoms with van der Waals surface area (Å²) >= 11 is 0. The molecule has 2 aromatic heterocycles. The molecule has 320 valence electrons. The Morgan fingerprint density at radius 2 is 1.72 bits per heavy atom. The predicted molar refractivity (Wildman–Crippen MR) is 227 cm³/mol. The molecule has 8 rings (SSSR count). The second kappa shape index (κ2) is 17.6. The van der Waals surface area contributed by atoms with Crippen LogP contribution in [-0.4, -0.2) is 114 Å². The number of terminal acetylenes is 1. The average molecular weight is 826 g/mol. The standard InChI is InChI=1S/C46H57F2N7O5/c1-7-35-38(47)11-8-31-21-34(59-27-57-6)22-36(39(31)35)41-40(48)42-37(23-50-41)43(54-24-32-9-10-33(25-54)55(32)45(56)60-46(3,4)5)52-44(51-42)58-26-28(2)53-18-14-30(15-19-53)20-29-12-16-49-17-13-29/h1,8,11,21-23,28-30,32-33,49H,9-10,12-20,24-27H2,2-6H3/t28-,32?,33?/m0/s1. The summed E-state index contributed by atoms with van der Waals surface area (Å²) in [5.41, 5.74) is -0.477. The van der Waals surface area contributed by atoms with Gasteiger partial charge < -0.3 is 29.2 Å². The lowest BCUT2D eigenvalue weighted by molar-refractivity contribution is 0.0122. The van der Waals surface area contributed by atoms with Crippen LogP contribution in [0, 0.1) is 35.8 Å². The topological polar surface area (TPSA) is 114 Å². The fourth-order valence-corrected chi connectivity index (χ4v) is 9.67. The van der Waals surface area contributed by atoms with E-state index in [0.717, 1.165) is 50.9 Å². The van der Waals surface area contributed by atoms with Gasteiger partial charge in [-0.25, -0.2) is 13.6 Å². The first-order valence-corrected chi connectivity index (χ1v) is 21.5. The fourth-order valence-electron chi connectivity index (χ4n) is 9.67. The maximum Gasteiger partial charge on any atom is 0.410 e. The molecule has 12 nitrogen and oxygen atoms in total. The van der Waals surface area contributed by atoms with Gasteiger partial charge in [0.05, 0.1) is 23.0 Å². The van der Waals surface area contributed by atoms with Crippen molar-refractivity contribution in [2.24, 2.45) is 11.8 Å². The molecule has 0 spiro atoms. The highest BCUT2D eigenvalue weighted by atomic mass is 19.1. The maximum atomic E-state index is 17.4. The van der Waals surface area contributed by atoms with Crippen LogP contribution < -0.4 is 19.7 Å². The number of ether oxygens (including phenoxy) is 4. The number of halogens is 2. The highest BCUT2D eigenvalue weighted by Crippen LogP contribution is 2.41. The number of nitrogens with zero attached hydrogens (tertiary/aromatic N) is 6. The van der Waals surface area contributed by atoms with Gasteiger partial charge in [0.25, 0.3) is 0 Å². The van der Waals surface area contributed by atoms with Crippen LogP contribution in [0.5, 0.6) is 11.8 Å². The highest BCUT2D eigenvalue weighted by molar-refractivity contribution is 6.03. The highest BCUT2D eigenvalue weighted by Gasteiger charge is 2.45. The molecule has 6 heterocycles. The van der Waals surface area contributed by atoms with E-state index in [0.29, 0.717) is 47.4 Å². The van der Waals surface area contributed by atoms with Gasteiger partial charge in [0.15, 0.2) is 12.6 Å². The molecular formula is C46H57F2N7O5. The number of anilines is 1. The molecule has 2 unspecified atom stereocenters. The van der Waals surface area contributed by atoms with Crippen molar-refractivity contribution in [3.05, 3.63) is 47.7 Å². The van der Waals surface area contributed by atoms with E-state index in [1.54, 1.807) is 24.4 Å². The van der Waals surface area contributed by atoms with Crippen molar-refractivity contribution in [2.45, 2.75) is 96.4 Å². The van der Waals surface area contributed by atoms with Crippen molar-refractivity contribution in [2.75, 3.05) is 64.7 Å². The van der Waals surface area contributed by atoms with Crippen molar-refractivity contribution in [1.82, 2.24) is 30.1 Å². The summed E-state index contributed by atoms with van der Waals surface area (Å²) in [6.45, 7) is 13.2. The maximum absolute atomic E-state index is 17.4. The van der Waals surface area contributed by atoms with Gasteiger partial charge >= 0.3 is 12.1 Å². The minimum Gasteiger partial charge on any atom is -0.468 e. The molecule has 4 aliphatic heterocycles. The number of carbonyl (C=O) groups is 1. The fraction of sp³-hybridized carbons (Fsp3) is 0.565. The Balaban J connectivity index is 1.13. The number of benzene rings is 2. The van der Waals surface area contributed by atoms with E-state index in [1.807, 2.05) is 25.7 Å². The monoisotopic (exact) mass is 825 g/mol. The van der Waals surface area contributed by atoms with Crippen molar-refractivity contribution in [1.29, 1.82) is 0 Å². The molecule has 0 aliphatic carbocycles. The third kappa shape index (κ3) is 8.81. The Morgan fingerprint density at radius 3 is 2.40 bits per heavy atom. The van der Waals surface area contributed by atoms with E-state index in [-0.39, 0.29) is 59.4 Å². The lowest BCUT2D eigenvalue weighted by Gasteiger charge is -2.42. The summed E-state index contributed by atoms with van der Waals surface area (Å²) in [4.78, 5) is 34.1. The zero-order chi connectivity index (χ0) is 42.1. The molecule has 14 heteroatoms. The van der Waals surface area contributed by atoms with Crippen molar-refractivity contribution in [3.8, 4) is 35.4 Å². The Hall–Kier alpha value is -4.84. The summed E-state index contributed by atoms with van der Waals surface area (Å²) in [7, 11) is 1.50. The first-order valence-electron chi connectivity index (χ1n) is 21.5. The molecular weight excluding hydrogens is 769 g/mol.